The highest BCUT2D eigenvalue weighted by Gasteiger charge is 2.25. The molecule has 0 saturated carbocycles. The molecule has 0 radical (unpaired) electrons. The van der Waals surface area contributed by atoms with Crippen molar-refractivity contribution in [1.82, 2.24) is 19.1 Å². The monoisotopic (exact) mass is 712 g/mol. The van der Waals surface area contributed by atoms with E-state index in [1.165, 1.54) is 59.7 Å². The Morgan fingerprint density at radius 3 is 1.68 bits per heavy atom. The van der Waals surface area contributed by atoms with Crippen LogP contribution >= 0.6 is 0 Å². The molecule has 0 N–H and O–H groups in total. The molecule has 0 amide bonds. The number of benzene rings is 9. The molecule has 3 aromatic heterocycles. The molecule has 0 spiro atoms. The highest BCUT2D eigenvalue weighted by molar-refractivity contribution is 6.38. The van der Waals surface area contributed by atoms with E-state index in [1.807, 2.05) is 0 Å². The molecule has 0 aliphatic carbocycles. The molecule has 0 aliphatic heterocycles. The molecule has 4 nitrogen and oxygen atoms in total. The van der Waals surface area contributed by atoms with Crippen molar-refractivity contribution in [2.24, 2.45) is 0 Å². The highest BCUT2D eigenvalue weighted by atomic mass is 15.2. The topological polar surface area (TPSA) is 35.6 Å². The van der Waals surface area contributed by atoms with Crippen LogP contribution in [0.3, 0.4) is 0 Å². The van der Waals surface area contributed by atoms with E-state index < -0.39 is 0 Å². The van der Waals surface area contributed by atoms with Crippen LogP contribution in [-0.2, 0) is 0 Å². The van der Waals surface area contributed by atoms with Crippen LogP contribution in [0.15, 0.2) is 194 Å². The van der Waals surface area contributed by atoms with E-state index in [0.29, 0.717) is 5.95 Å². The molecular formula is C52H32N4. The minimum absolute atomic E-state index is 0.649. The van der Waals surface area contributed by atoms with Gasteiger partial charge in [0.15, 0.2) is 0 Å². The Balaban J connectivity index is 1.27. The zero-order valence-corrected chi connectivity index (χ0v) is 30.3. The van der Waals surface area contributed by atoms with Gasteiger partial charge in [-0.15, -0.1) is 0 Å². The van der Waals surface area contributed by atoms with Crippen molar-refractivity contribution in [2.45, 2.75) is 0 Å². The molecule has 12 aromatic rings. The van der Waals surface area contributed by atoms with Gasteiger partial charge in [0.1, 0.15) is 0 Å². The lowest BCUT2D eigenvalue weighted by molar-refractivity contribution is 1.02. The second-order valence-corrected chi connectivity index (χ2v) is 14.5. The SMILES string of the molecule is c1ccc(-c2cccc(-c3nc(-n4c5ccc6c(c7ccccc7n6-c6ccccc6)c5c5c6ccccc6c6ccccc6c54)nc4ccccc34)c2)cc1. The first-order valence-electron chi connectivity index (χ1n) is 19.1. The quantitative estimate of drug-likeness (QED) is 0.170. The van der Waals surface area contributed by atoms with E-state index >= 15 is 0 Å². The number of hydrogen-bond donors (Lipinski definition) is 0. The van der Waals surface area contributed by atoms with E-state index in [-0.39, 0.29) is 0 Å². The van der Waals surface area contributed by atoms with Gasteiger partial charge < -0.3 is 4.57 Å². The first-order chi connectivity index (χ1) is 27.8. The number of hydrogen-bond acceptors (Lipinski definition) is 2. The molecule has 56 heavy (non-hydrogen) atoms. The Bertz CT molecular complexity index is 3520. The number of nitrogens with zero attached hydrogens (tertiary/aromatic N) is 4. The fourth-order valence-corrected chi connectivity index (χ4v) is 9.14. The van der Waals surface area contributed by atoms with Crippen LogP contribution in [0.25, 0.3) is 110 Å². The molecular weight excluding hydrogens is 681 g/mol. The Morgan fingerprint density at radius 2 is 0.893 bits per heavy atom. The average molecular weight is 713 g/mol. The summed E-state index contributed by atoms with van der Waals surface area (Å²) < 4.78 is 4.74. The van der Waals surface area contributed by atoms with Crippen molar-refractivity contribution in [3.8, 4) is 34.0 Å². The van der Waals surface area contributed by atoms with Gasteiger partial charge in [0.25, 0.3) is 0 Å². The fourth-order valence-electron chi connectivity index (χ4n) is 9.14. The summed E-state index contributed by atoms with van der Waals surface area (Å²) >= 11 is 0. The molecule has 0 bridgehead atoms. The van der Waals surface area contributed by atoms with Crippen LogP contribution in [0, 0.1) is 0 Å². The smallest absolute Gasteiger partial charge is 0.235 e. The minimum atomic E-state index is 0.649. The van der Waals surface area contributed by atoms with Gasteiger partial charge >= 0.3 is 0 Å². The van der Waals surface area contributed by atoms with Gasteiger partial charge in [-0.2, -0.15) is 0 Å². The van der Waals surface area contributed by atoms with E-state index in [9.17, 15) is 0 Å². The fraction of sp³-hybridized carbons (Fsp3) is 0. The average Bonchev–Trinajstić information content (AvgIpc) is 3.80. The third kappa shape index (κ3) is 4.41. The predicted octanol–water partition coefficient (Wildman–Crippen LogP) is 13.5. The molecule has 9 aromatic carbocycles. The zero-order valence-electron chi connectivity index (χ0n) is 30.3. The van der Waals surface area contributed by atoms with Crippen LogP contribution in [0.2, 0.25) is 0 Å². The van der Waals surface area contributed by atoms with Crippen molar-refractivity contribution >= 4 is 76.1 Å². The van der Waals surface area contributed by atoms with Gasteiger partial charge in [-0.1, -0.05) is 152 Å². The van der Waals surface area contributed by atoms with Gasteiger partial charge in [-0.05, 0) is 69.8 Å². The Kier molecular flexibility index (Phi) is 6.60. The second-order valence-electron chi connectivity index (χ2n) is 14.5. The molecule has 0 unspecified atom stereocenters. The first kappa shape index (κ1) is 30.9. The maximum atomic E-state index is 5.58. The normalized spacial score (nSPS) is 11.9. The van der Waals surface area contributed by atoms with Crippen molar-refractivity contribution in [3.63, 3.8) is 0 Å². The number of rotatable bonds is 4. The van der Waals surface area contributed by atoms with E-state index in [4.69, 9.17) is 9.97 Å². The molecule has 0 saturated heterocycles. The summed E-state index contributed by atoms with van der Waals surface area (Å²) in [6, 6.07) is 69.4. The lowest BCUT2D eigenvalue weighted by atomic mass is 9.95. The van der Waals surface area contributed by atoms with Gasteiger partial charge in [-0.25, -0.2) is 9.97 Å². The highest BCUT2D eigenvalue weighted by Crippen LogP contribution is 2.47. The summed E-state index contributed by atoms with van der Waals surface area (Å²) in [7, 11) is 0. The van der Waals surface area contributed by atoms with Crippen molar-refractivity contribution in [3.05, 3.63) is 194 Å². The molecule has 12 rings (SSSR count). The summed E-state index contributed by atoms with van der Waals surface area (Å²) in [6.07, 6.45) is 0. The zero-order chi connectivity index (χ0) is 36.7. The molecule has 0 aliphatic rings. The van der Waals surface area contributed by atoms with Gasteiger partial charge in [-0.3, -0.25) is 4.57 Å². The maximum Gasteiger partial charge on any atom is 0.235 e. The van der Waals surface area contributed by atoms with Gasteiger partial charge in [0.05, 0.1) is 33.3 Å². The van der Waals surface area contributed by atoms with E-state index in [2.05, 4.69) is 203 Å². The summed E-state index contributed by atoms with van der Waals surface area (Å²) in [5.74, 6) is 0.649. The van der Waals surface area contributed by atoms with Crippen molar-refractivity contribution in [2.75, 3.05) is 0 Å². The summed E-state index contributed by atoms with van der Waals surface area (Å²) in [5, 5.41) is 10.7. The third-order valence-electron chi connectivity index (χ3n) is 11.5. The first-order valence-corrected chi connectivity index (χ1v) is 19.1. The molecule has 260 valence electrons. The number of aromatic nitrogens is 4. The summed E-state index contributed by atoms with van der Waals surface area (Å²) in [5.41, 5.74) is 10.8. The maximum absolute atomic E-state index is 5.58. The molecule has 4 heteroatoms. The molecule has 0 fully saturated rings. The third-order valence-corrected chi connectivity index (χ3v) is 11.5. The van der Waals surface area contributed by atoms with Crippen LogP contribution in [-0.4, -0.2) is 19.1 Å². The molecule has 0 atom stereocenters. The predicted molar refractivity (Wildman–Crippen MR) is 234 cm³/mol. The van der Waals surface area contributed by atoms with Gasteiger partial charge in [0, 0.05) is 43.6 Å². The van der Waals surface area contributed by atoms with Crippen LogP contribution in [0.5, 0.6) is 0 Å². The number of para-hydroxylation sites is 3. The lowest BCUT2D eigenvalue weighted by Crippen LogP contribution is -2.04. The van der Waals surface area contributed by atoms with Crippen LogP contribution < -0.4 is 0 Å². The molecule has 3 heterocycles. The van der Waals surface area contributed by atoms with E-state index in [0.717, 1.165) is 44.4 Å². The largest absolute Gasteiger partial charge is 0.309 e. The van der Waals surface area contributed by atoms with Crippen LogP contribution in [0.4, 0.5) is 0 Å². The number of fused-ring (bicyclic) bond motifs is 13. The standard InChI is InChI=1S/C52H32N4/c1-3-16-33(17-4-1)34-18-15-19-35(32-34)50-41-26-11-13-28-43(41)53-52(54-50)56-46-31-30-45-47(42-27-12-14-29-44(42)55(45)36-20-5-2-6-21-36)49(46)48-39-24-9-7-22-37(39)38-23-8-10-25-40(38)51(48)56/h1-32H. The second kappa shape index (κ2) is 12.0. The lowest BCUT2D eigenvalue weighted by Gasteiger charge is -2.14. The van der Waals surface area contributed by atoms with Gasteiger partial charge in [0.2, 0.25) is 5.95 Å². The van der Waals surface area contributed by atoms with Crippen molar-refractivity contribution in [1.29, 1.82) is 0 Å². The van der Waals surface area contributed by atoms with E-state index in [1.54, 1.807) is 0 Å². The summed E-state index contributed by atoms with van der Waals surface area (Å²) in [6.45, 7) is 0. The minimum Gasteiger partial charge on any atom is -0.309 e. The van der Waals surface area contributed by atoms with Crippen molar-refractivity contribution < 1.29 is 0 Å². The Labute approximate surface area is 322 Å². The Morgan fingerprint density at radius 1 is 0.321 bits per heavy atom. The Hall–Kier alpha value is -7.56. The van der Waals surface area contributed by atoms with Crippen LogP contribution in [0.1, 0.15) is 0 Å². The summed E-state index contributed by atoms with van der Waals surface area (Å²) in [4.78, 5) is 11.0.